The molecule has 1 aliphatic rings. The topological polar surface area (TPSA) is 106 Å². The van der Waals surface area contributed by atoms with Crippen LogP contribution in [0.15, 0.2) is 61.1 Å². The van der Waals surface area contributed by atoms with Gasteiger partial charge in [-0.15, -0.1) is 0 Å². The molecular formula is C21H23N5O4S. The summed E-state index contributed by atoms with van der Waals surface area (Å²) in [6.45, 7) is 1.45. The minimum absolute atomic E-state index is 0.00151. The maximum atomic E-state index is 12.9. The first-order valence-corrected chi connectivity index (χ1v) is 11.5. The van der Waals surface area contributed by atoms with Crippen LogP contribution in [0.4, 0.5) is 0 Å². The number of sulfonamides is 1. The third-order valence-electron chi connectivity index (χ3n) is 4.92. The Bertz CT molecular complexity index is 1130. The molecule has 0 saturated carbocycles. The molecule has 0 bridgehead atoms. The number of benzene rings is 1. The molecule has 2 aromatic heterocycles. The maximum absolute atomic E-state index is 12.9. The van der Waals surface area contributed by atoms with Gasteiger partial charge in [0, 0.05) is 43.8 Å². The zero-order valence-corrected chi connectivity index (χ0v) is 17.7. The number of rotatable bonds is 7. The fourth-order valence-electron chi connectivity index (χ4n) is 3.31. The molecule has 31 heavy (non-hydrogen) atoms. The Hall–Kier alpha value is -3.08. The van der Waals surface area contributed by atoms with Gasteiger partial charge in [0.2, 0.25) is 10.0 Å². The van der Waals surface area contributed by atoms with Gasteiger partial charge in [0.25, 0.3) is 5.91 Å². The second-order valence-corrected chi connectivity index (χ2v) is 9.09. The molecule has 9 nitrogen and oxygen atoms in total. The number of ether oxygens (including phenoxy) is 1. The van der Waals surface area contributed by atoms with Crippen molar-refractivity contribution >= 4 is 15.9 Å². The maximum Gasteiger partial charge on any atom is 0.255 e. The molecule has 10 heteroatoms. The first-order valence-electron chi connectivity index (χ1n) is 9.94. The van der Waals surface area contributed by atoms with Crippen molar-refractivity contribution in [1.82, 2.24) is 24.4 Å². The molecule has 3 aromatic rings. The van der Waals surface area contributed by atoms with Crippen LogP contribution >= 0.6 is 0 Å². The quantitative estimate of drug-likeness (QED) is 0.593. The number of nitrogens with one attached hydrogen (secondary N) is 1. The predicted octanol–water partition coefficient (Wildman–Crippen LogP) is 1.33. The predicted molar refractivity (Wildman–Crippen MR) is 115 cm³/mol. The summed E-state index contributed by atoms with van der Waals surface area (Å²) in [6.07, 6.45) is 4.93. The van der Waals surface area contributed by atoms with E-state index in [1.54, 1.807) is 29.3 Å². The van der Waals surface area contributed by atoms with Crippen molar-refractivity contribution in [3.8, 4) is 16.9 Å². The second-order valence-electron chi connectivity index (χ2n) is 7.00. The summed E-state index contributed by atoms with van der Waals surface area (Å²) in [6, 6.07) is 13.0. The van der Waals surface area contributed by atoms with Crippen LogP contribution in [0, 0.1) is 0 Å². The lowest BCUT2D eigenvalue weighted by Gasteiger charge is -2.26. The number of amides is 1. The minimum atomic E-state index is -3.45. The van der Waals surface area contributed by atoms with Crippen LogP contribution in [-0.4, -0.2) is 72.0 Å². The van der Waals surface area contributed by atoms with Gasteiger partial charge < -0.3 is 10.1 Å². The zero-order valence-electron chi connectivity index (χ0n) is 16.8. The fourth-order valence-corrected chi connectivity index (χ4v) is 4.64. The van der Waals surface area contributed by atoms with E-state index in [0.29, 0.717) is 43.1 Å². The molecule has 1 saturated heterocycles. The van der Waals surface area contributed by atoms with Crippen molar-refractivity contribution in [2.24, 2.45) is 0 Å². The number of morpholine rings is 1. The monoisotopic (exact) mass is 441 g/mol. The Morgan fingerprint density at radius 1 is 1.10 bits per heavy atom. The highest BCUT2D eigenvalue weighted by molar-refractivity contribution is 7.89. The molecule has 0 radical (unpaired) electrons. The van der Waals surface area contributed by atoms with Crippen LogP contribution in [0.5, 0.6) is 0 Å². The van der Waals surface area contributed by atoms with E-state index in [4.69, 9.17) is 4.74 Å². The Morgan fingerprint density at radius 3 is 2.58 bits per heavy atom. The molecule has 3 heterocycles. The fraction of sp³-hybridized carbons (Fsp3) is 0.286. The smallest absolute Gasteiger partial charge is 0.255 e. The Kier molecular flexibility index (Phi) is 6.40. The van der Waals surface area contributed by atoms with E-state index in [1.165, 1.54) is 4.31 Å². The van der Waals surface area contributed by atoms with Gasteiger partial charge in [-0.05, 0) is 24.3 Å². The standard InChI is InChI=1S/C21H23N5O4S/c27-21(23-9-14-31(28,29)25-10-12-30-13-11-25)19-16-26(18-6-2-1-3-7-18)24-20(19)17-5-4-8-22-15-17/h1-8,15-16H,9-14H2,(H,23,27). The molecule has 1 N–H and O–H groups in total. The summed E-state index contributed by atoms with van der Waals surface area (Å²) in [4.78, 5) is 17.0. The van der Waals surface area contributed by atoms with E-state index in [2.05, 4.69) is 15.4 Å². The molecule has 0 unspecified atom stereocenters. The molecule has 0 atom stereocenters. The van der Waals surface area contributed by atoms with Crippen molar-refractivity contribution in [3.05, 3.63) is 66.6 Å². The Balaban J connectivity index is 1.52. The second kappa shape index (κ2) is 9.38. The lowest BCUT2D eigenvalue weighted by atomic mass is 10.1. The SMILES string of the molecule is O=C(NCCS(=O)(=O)N1CCOCC1)c1cn(-c2ccccc2)nc1-c1cccnc1. The molecule has 1 aromatic carbocycles. The van der Waals surface area contributed by atoms with Gasteiger partial charge in [-0.25, -0.2) is 13.1 Å². The van der Waals surface area contributed by atoms with E-state index < -0.39 is 15.9 Å². The van der Waals surface area contributed by atoms with Crippen LogP contribution in [0.25, 0.3) is 16.9 Å². The summed E-state index contributed by atoms with van der Waals surface area (Å²) in [7, 11) is -3.45. The highest BCUT2D eigenvalue weighted by Crippen LogP contribution is 2.23. The van der Waals surface area contributed by atoms with Crippen molar-refractivity contribution < 1.29 is 17.9 Å². The first kappa shape index (κ1) is 21.2. The molecule has 162 valence electrons. The summed E-state index contributed by atoms with van der Waals surface area (Å²) in [5, 5.41) is 7.30. The minimum Gasteiger partial charge on any atom is -0.379 e. The van der Waals surface area contributed by atoms with Gasteiger partial charge >= 0.3 is 0 Å². The first-order chi connectivity index (χ1) is 15.0. The van der Waals surface area contributed by atoms with Gasteiger partial charge in [0.1, 0.15) is 5.69 Å². The van der Waals surface area contributed by atoms with E-state index in [-0.39, 0.29) is 12.3 Å². The zero-order chi connectivity index (χ0) is 21.7. The molecule has 1 aliphatic heterocycles. The van der Waals surface area contributed by atoms with Crippen molar-refractivity contribution in [2.75, 3.05) is 38.6 Å². The lowest BCUT2D eigenvalue weighted by molar-refractivity contribution is 0.0730. The number of hydrogen-bond donors (Lipinski definition) is 1. The van der Waals surface area contributed by atoms with Gasteiger partial charge in [-0.3, -0.25) is 9.78 Å². The van der Waals surface area contributed by atoms with E-state index in [0.717, 1.165) is 5.69 Å². The van der Waals surface area contributed by atoms with Crippen molar-refractivity contribution in [3.63, 3.8) is 0 Å². The van der Waals surface area contributed by atoms with Crippen molar-refractivity contribution in [1.29, 1.82) is 0 Å². The van der Waals surface area contributed by atoms with E-state index in [1.807, 2.05) is 36.4 Å². The summed E-state index contributed by atoms with van der Waals surface area (Å²) in [5.41, 5.74) is 2.33. The third-order valence-corrected chi connectivity index (χ3v) is 6.80. The number of para-hydroxylation sites is 1. The molecule has 1 fully saturated rings. The average molecular weight is 442 g/mol. The van der Waals surface area contributed by atoms with Crippen LogP contribution < -0.4 is 5.32 Å². The van der Waals surface area contributed by atoms with Gasteiger partial charge in [-0.2, -0.15) is 9.40 Å². The number of pyridine rings is 1. The molecule has 4 rings (SSSR count). The largest absolute Gasteiger partial charge is 0.379 e. The molecule has 0 spiro atoms. The Morgan fingerprint density at radius 2 is 1.87 bits per heavy atom. The lowest BCUT2D eigenvalue weighted by Crippen LogP contribution is -2.43. The van der Waals surface area contributed by atoms with Crippen LogP contribution in [0.3, 0.4) is 0 Å². The number of carbonyl (C=O) groups is 1. The van der Waals surface area contributed by atoms with Crippen LogP contribution in [0.1, 0.15) is 10.4 Å². The molecule has 1 amide bonds. The number of nitrogens with zero attached hydrogens (tertiary/aromatic N) is 4. The van der Waals surface area contributed by atoms with Gasteiger partial charge in [0.15, 0.2) is 0 Å². The van der Waals surface area contributed by atoms with Gasteiger partial charge in [0.05, 0.1) is 30.2 Å². The number of carbonyl (C=O) groups excluding carboxylic acids is 1. The summed E-state index contributed by atoms with van der Waals surface area (Å²) < 4.78 is 33.2. The van der Waals surface area contributed by atoms with E-state index >= 15 is 0 Å². The highest BCUT2D eigenvalue weighted by atomic mass is 32.2. The van der Waals surface area contributed by atoms with Crippen molar-refractivity contribution in [2.45, 2.75) is 0 Å². The molecule has 0 aliphatic carbocycles. The average Bonchev–Trinajstić information content (AvgIpc) is 3.26. The third kappa shape index (κ3) is 4.98. The molecular weight excluding hydrogens is 418 g/mol. The Labute approximate surface area is 180 Å². The van der Waals surface area contributed by atoms with Crippen LogP contribution in [-0.2, 0) is 14.8 Å². The van der Waals surface area contributed by atoms with Gasteiger partial charge in [-0.1, -0.05) is 18.2 Å². The summed E-state index contributed by atoms with van der Waals surface area (Å²) >= 11 is 0. The normalized spacial score (nSPS) is 15.0. The van der Waals surface area contributed by atoms with E-state index in [9.17, 15) is 13.2 Å². The number of hydrogen-bond acceptors (Lipinski definition) is 6. The highest BCUT2D eigenvalue weighted by Gasteiger charge is 2.25. The van der Waals surface area contributed by atoms with Crippen LogP contribution in [0.2, 0.25) is 0 Å². The summed E-state index contributed by atoms with van der Waals surface area (Å²) in [5.74, 6) is -0.563. The number of aromatic nitrogens is 3.